The van der Waals surface area contributed by atoms with Crippen LogP contribution in [0.4, 0.5) is 0 Å². The van der Waals surface area contributed by atoms with Crippen molar-refractivity contribution in [1.29, 1.82) is 0 Å². The van der Waals surface area contributed by atoms with Crippen LogP contribution < -0.4 is 11.1 Å². The molecule has 3 atom stereocenters. The van der Waals surface area contributed by atoms with Crippen LogP contribution in [0.15, 0.2) is 24.3 Å². The fourth-order valence-corrected chi connectivity index (χ4v) is 4.63. The molecule has 28 heavy (non-hydrogen) atoms. The molecule has 2 aliphatic rings. The fourth-order valence-electron chi connectivity index (χ4n) is 4.63. The van der Waals surface area contributed by atoms with Gasteiger partial charge in [-0.25, -0.2) is 0 Å². The number of carbonyl (C=O) groups is 2. The molecule has 3 N–H and O–H groups in total. The lowest BCUT2D eigenvalue weighted by Crippen LogP contribution is -2.57. The van der Waals surface area contributed by atoms with Gasteiger partial charge in [-0.05, 0) is 36.3 Å². The average molecular weight is 386 g/mol. The van der Waals surface area contributed by atoms with Gasteiger partial charge in [-0.3, -0.25) is 9.59 Å². The quantitative estimate of drug-likeness (QED) is 0.790. The van der Waals surface area contributed by atoms with Gasteiger partial charge in [0.1, 0.15) is 6.04 Å². The van der Waals surface area contributed by atoms with Gasteiger partial charge in [-0.15, -0.1) is 0 Å². The van der Waals surface area contributed by atoms with Crippen LogP contribution in [0.1, 0.15) is 63.5 Å². The summed E-state index contributed by atoms with van der Waals surface area (Å²) >= 11 is 0. The number of amides is 2. The Morgan fingerprint density at radius 3 is 2.50 bits per heavy atom. The molecule has 1 aliphatic heterocycles. The van der Waals surface area contributed by atoms with Crippen LogP contribution in [0, 0.1) is 11.8 Å². The first-order valence-electron chi connectivity index (χ1n) is 10.9. The molecule has 3 unspecified atom stereocenters. The second-order valence-corrected chi connectivity index (χ2v) is 8.51. The van der Waals surface area contributed by atoms with Gasteiger partial charge in [0.25, 0.3) is 0 Å². The molecule has 1 heterocycles. The molecule has 0 bridgehead atoms. The molecule has 1 aromatic rings. The summed E-state index contributed by atoms with van der Waals surface area (Å²) in [6, 6.07) is 7.69. The number of hydrogen-bond donors (Lipinski definition) is 2. The maximum atomic E-state index is 13.3. The fraction of sp³-hybridized carbons (Fsp3) is 0.652. The van der Waals surface area contributed by atoms with E-state index in [-0.39, 0.29) is 23.8 Å². The number of carbonyl (C=O) groups excluding carboxylic acids is 2. The van der Waals surface area contributed by atoms with Crippen LogP contribution in [0.25, 0.3) is 0 Å². The number of nitrogens with one attached hydrogen (secondary N) is 1. The zero-order valence-electron chi connectivity index (χ0n) is 17.3. The van der Waals surface area contributed by atoms with E-state index in [1.807, 2.05) is 26.0 Å². The Morgan fingerprint density at radius 2 is 1.86 bits per heavy atom. The van der Waals surface area contributed by atoms with Crippen molar-refractivity contribution < 1.29 is 9.59 Å². The van der Waals surface area contributed by atoms with Gasteiger partial charge < -0.3 is 16.0 Å². The van der Waals surface area contributed by atoms with E-state index in [4.69, 9.17) is 5.73 Å². The topological polar surface area (TPSA) is 75.4 Å². The van der Waals surface area contributed by atoms with Gasteiger partial charge in [0.05, 0.1) is 0 Å². The SMILES string of the molecule is CCC(C)C(=O)N1Cc2ccccc2CC1C(=O)NC(CN)C1CCCCC1. The minimum atomic E-state index is -0.450. The number of hydrogen-bond acceptors (Lipinski definition) is 3. The first-order valence-corrected chi connectivity index (χ1v) is 10.9. The van der Waals surface area contributed by atoms with Crippen LogP contribution in [-0.4, -0.2) is 35.3 Å². The number of nitrogens with two attached hydrogens (primary N) is 1. The Hall–Kier alpha value is -1.88. The molecule has 1 fully saturated rings. The lowest BCUT2D eigenvalue weighted by atomic mass is 9.83. The van der Waals surface area contributed by atoms with E-state index >= 15 is 0 Å². The Labute approximate surface area is 169 Å². The third-order valence-corrected chi connectivity index (χ3v) is 6.67. The Morgan fingerprint density at radius 1 is 1.18 bits per heavy atom. The number of nitrogens with zero attached hydrogens (tertiary/aromatic N) is 1. The van der Waals surface area contributed by atoms with E-state index in [1.165, 1.54) is 19.3 Å². The lowest BCUT2D eigenvalue weighted by molar-refractivity contribution is -0.145. The average Bonchev–Trinajstić information content (AvgIpc) is 2.75. The smallest absolute Gasteiger partial charge is 0.243 e. The molecular formula is C23H35N3O2. The van der Waals surface area contributed by atoms with E-state index in [0.717, 1.165) is 30.4 Å². The molecular weight excluding hydrogens is 350 g/mol. The number of rotatable bonds is 6. The summed E-state index contributed by atoms with van der Waals surface area (Å²) in [7, 11) is 0. The van der Waals surface area contributed by atoms with Crippen LogP contribution >= 0.6 is 0 Å². The maximum Gasteiger partial charge on any atom is 0.243 e. The molecule has 0 spiro atoms. The molecule has 1 aromatic carbocycles. The zero-order valence-corrected chi connectivity index (χ0v) is 17.3. The second-order valence-electron chi connectivity index (χ2n) is 8.51. The molecule has 0 aromatic heterocycles. The van der Waals surface area contributed by atoms with E-state index < -0.39 is 6.04 Å². The van der Waals surface area contributed by atoms with Gasteiger partial charge in [0, 0.05) is 31.5 Å². The van der Waals surface area contributed by atoms with Crippen molar-refractivity contribution in [3.63, 3.8) is 0 Å². The number of benzene rings is 1. The van der Waals surface area contributed by atoms with Crippen LogP contribution in [0.3, 0.4) is 0 Å². The summed E-state index contributed by atoms with van der Waals surface area (Å²) in [6.45, 7) is 4.93. The Bertz CT molecular complexity index is 684. The zero-order chi connectivity index (χ0) is 20.1. The summed E-state index contributed by atoms with van der Waals surface area (Å²) in [4.78, 5) is 28.1. The van der Waals surface area contributed by atoms with E-state index in [2.05, 4.69) is 17.4 Å². The van der Waals surface area contributed by atoms with Crippen LogP contribution in [0.2, 0.25) is 0 Å². The van der Waals surface area contributed by atoms with Crippen LogP contribution in [-0.2, 0) is 22.6 Å². The van der Waals surface area contributed by atoms with Gasteiger partial charge in [0.2, 0.25) is 11.8 Å². The van der Waals surface area contributed by atoms with Crippen LogP contribution in [0.5, 0.6) is 0 Å². The van der Waals surface area contributed by atoms with E-state index in [9.17, 15) is 9.59 Å². The van der Waals surface area contributed by atoms with Crippen molar-refractivity contribution in [1.82, 2.24) is 10.2 Å². The summed E-state index contributed by atoms with van der Waals surface area (Å²) in [5.41, 5.74) is 8.34. The molecule has 0 saturated heterocycles. The number of fused-ring (bicyclic) bond motifs is 1. The highest BCUT2D eigenvalue weighted by molar-refractivity contribution is 5.89. The van der Waals surface area contributed by atoms with Crippen molar-refractivity contribution in [2.75, 3.05) is 6.54 Å². The summed E-state index contributed by atoms with van der Waals surface area (Å²) in [6.07, 6.45) is 7.32. The van der Waals surface area contributed by atoms with Crippen molar-refractivity contribution in [3.05, 3.63) is 35.4 Å². The van der Waals surface area contributed by atoms with Gasteiger partial charge in [-0.1, -0.05) is 57.4 Å². The summed E-state index contributed by atoms with van der Waals surface area (Å²) in [5, 5.41) is 3.22. The summed E-state index contributed by atoms with van der Waals surface area (Å²) < 4.78 is 0. The molecule has 5 heteroatoms. The molecule has 3 rings (SSSR count). The second kappa shape index (κ2) is 9.55. The highest BCUT2D eigenvalue weighted by Crippen LogP contribution is 2.28. The minimum Gasteiger partial charge on any atom is -0.350 e. The third-order valence-electron chi connectivity index (χ3n) is 6.67. The van der Waals surface area contributed by atoms with Gasteiger partial charge in [-0.2, -0.15) is 0 Å². The Balaban J connectivity index is 1.79. The van der Waals surface area contributed by atoms with Crippen molar-refractivity contribution >= 4 is 11.8 Å². The minimum absolute atomic E-state index is 0.00511. The Kier molecular flexibility index (Phi) is 7.11. The first-order chi connectivity index (χ1) is 13.5. The summed E-state index contributed by atoms with van der Waals surface area (Å²) in [5.74, 6) is 0.396. The molecule has 2 amide bonds. The first kappa shape index (κ1) is 20.8. The van der Waals surface area contributed by atoms with E-state index in [1.54, 1.807) is 4.90 Å². The van der Waals surface area contributed by atoms with Crippen molar-refractivity contribution in [2.24, 2.45) is 17.6 Å². The predicted octanol–water partition coefficient (Wildman–Crippen LogP) is 3.01. The van der Waals surface area contributed by atoms with E-state index in [0.29, 0.717) is 25.4 Å². The normalized spacial score (nSPS) is 22.2. The standard InChI is InChI=1S/C23H35N3O2/c1-3-16(2)23(28)26-15-19-12-8-7-11-18(19)13-21(26)22(27)25-20(14-24)17-9-5-4-6-10-17/h7-8,11-12,16-17,20-21H,3-6,9-10,13-15,24H2,1-2H3,(H,25,27). The molecule has 1 saturated carbocycles. The van der Waals surface area contributed by atoms with Gasteiger partial charge in [0.15, 0.2) is 0 Å². The largest absolute Gasteiger partial charge is 0.350 e. The van der Waals surface area contributed by atoms with Crippen molar-refractivity contribution in [3.8, 4) is 0 Å². The molecule has 154 valence electrons. The third kappa shape index (κ3) is 4.57. The molecule has 1 aliphatic carbocycles. The molecule has 5 nitrogen and oxygen atoms in total. The molecule has 0 radical (unpaired) electrons. The van der Waals surface area contributed by atoms with Crippen molar-refractivity contribution in [2.45, 2.75) is 77.4 Å². The highest BCUT2D eigenvalue weighted by atomic mass is 16.2. The van der Waals surface area contributed by atoms with Gasteiger partial charge >= 0.3 is 0 Å². The predicted molar refractivity (Wildman–Crippen MR) is 111 cm³/mol. The highest BCUT2D eigenvalue weighted by Gasteiger charge is 2.37. The monoisotopic (exact) mass is 385 g/mol. The lowest BCUT2D eigenvalue weighted by Gasteiger charge is -2.39. The maximum absolute atomic E-state index is 13.3.